The average molecular weight is 291 g/mol. The molecule has 0 radical (unpaired) electrons. The summed E-state index contributed by atoms with van der Waals surface area (Å²) in [6.07, 6.45) is 6.11. The normalized spacial score (nSPS) is 11.3. The quantitative estimate of drug-likeness (QED) is 0.672. The third-order valence-electron chi connectivity index (χ3n) is 3.14. The number of alkyl halides is 1. The standard InChI is InChI=1S/C13H15ClN6/c1-10-8-11-13(15-9-10)20(12(17-11)2-3-14)7-6-19-5-4-16-18-19/h4-5,8-9H,2-3,6-7H2,1H3. The van der Waals surface area contributed by atoms with Crippen molar-refractivity contribution < 1.29 is 0 Å². The van der Waals surface area contributed by atoms with Gasteiger partial charge in [-0.1, -0.05) is 5.21 Å². The van der Waals surface area contributed by atoms with Crippen LogP contribution in [-0.2, 0) is 19.5 Å². The second-order valence-corrected chi connectivity index (χ2v) is 5.02. The predicted molar refractivity (Wildman–Crippen MR) is 76.7 cm³/mol. The summed E-state index contributed by atoms with van der Waals surface area (Å²) >= 11 is 5.87. The van der Waals surface area contributed by atoms with Gasteiger partial charge in [-0.15, -0.1) is 16.7 Å². The molecule has 0 aromatic carbocycles. The second kappa shape index (κ2) is 5.58. The third-order valence-corrected chi connectivity index (χ3v) is 3.33. The second-order valence-electron chi connectivity index (χ2n) is 4.64. The monoisotopic (exact) mass is 290 g/mol. The zero-order valence-corrected chi connectivity index (χ0v) is 12.0. The van der Waals surface area contributed by atoms with Crippen molar-refractivity contribution in [3.8, 4) is 0 Å². The van der Waals surface area contributed by atoms with Crippen molar-refractivity contribution in [3.05, 3.63) is 36.0 Å². The minimum atomic E-state index is 0.547. The zero-order chi connectivity index (χ0) is 13.9. The lowest BCUT2D eigenvalue weighted by molar-refractivity contribution is 0.515. The van der Waals surface area contributed by atoms with Gasteiger partial charge >= 0.3 is 0 Å². The molecule has 0 amide bonds. The summed E-state index contributed by atoms with van der Waals surface area (Å²) in [6, 6.07) is 2.05. The molecular weight excluding hydrogens is 276 g/mol. The number of halogens is 1. The molecule has 0 aliphatic heterocycles. The first-order valence-corrected chi connectivity index (χ1v) is 7.03. The molecule has 104 valence electrons. The van der Waals surface area contributed by atoms with Crippen LogP contribution in [0.25, 0.3) is 11.2 Å². The van der Waals surface area contributed by atoms with Gasteiger partial charge in [0.05, 0.1) is 12.7 Å². The third kappa shape index (κ3) is 2.51. The van der Waals surface area contributed by atoms with E-state index in [4.69, 9.17) is 11.6 Å². The summed E-state index contributed by atoms with van der Waals surface area (Å²) in [6.45, 7) is 3.50. The maximum Gasteiger partial charge on any atom is 0.160 e. The Bertz CT molecular complexity index is 703. The van der Waals surface area contributed by atoms with E-state index >= 15 is 0 Å². The van der Waals surface area contributed by atoms with Crippen molar-refractivity contribution in [2.24, 2.45) is 0 Å². The molecule has 3 heterocycles. The van der Waals surface area contributed by atoms with Crippen LogP contribution in [0.2, 0.25) is 0 Å². The average Bonchev–Trinajstić information content (AvgIpc) is 3.04. The number of fused-ring (bicyclic) bond motifs is 1. The van der Waals surface area contributed by atoms with E-state index in [0.717, 1.165) is 42.1 Å². The van der Waals surface area contributed by atoms with E-state index in [1.165, 1.54) is 0 Å². The summed E-state index contributed by atoms with van der Waals surface area (Å²) in [5.74, 6) is 1.51. The van der Waals surface area contributed by atoms with E-state index in [1.807, 2.05) is 25.4 Å². The summed E-state index contributed by atoms with van der Waals surface area (Å²) < 4.78 is 3.91. The maximum absolute atomic E-state index is 5.87. The fourth-order valence-corrected chi connectivity index (χ4v) is 2.39. The highest BCUT2D eigenvalue weighted by Crippen LogP contribution is 2.16. The van der Waals surface area contributed by atoms with Gasteiger partial charge in [-0.3, -0.25) is 4.68 Å². The maximum atomic E-state index is 5.87. The minimum Gasteiger partial charge on any atom is -0.311 e. The van der Waals surface area contributed by atoms with Gasteiger partial charge in [-0.05, 0) is 18.6 Å². The van der Waals surface area contributed by atoms with Crippen molar-refractivity contribution in [1.82, 2.24) is 29.5 Å². The van der Waals surface area contributed by atoms with E-state index in [1.54, 1.807) is 10.9 Å². The Labute approximate surface area is 121 Å². The smallest absolute Gasteiger partial charge is 0.160 e. The highest BCUT2D eigenvalue weighted by atomic mass is 35.5. The molecule has 0 fully saturated rings. The van der Waals surface area contributed by atoms with E-state index in [2.05, 4.69) is 24.8 Å². The number of pyridine rings is 1. The molecular formula is C13H15ClN6. The van der Waals surface area contributed by atoms with Crippen LogP contribution in [0.5, 0.6) is 0 Å². The molecule has 0 N–H and O–H groups in total. The molecule has 3 rings (SSSR count). The predicted octanol–water partition coefficient (Wildman–Crippen LogP) is 1.81. The molecule has 7 heteroatoms. The van der Waals surface area contributed by atoms with Crippen LogP contribution in [0.1, 0.15) is 11.4 Å². The van der Waals surface area contributed by atoms with Gasteiger partial charge in [0.25, 0.3) is 0 Å². The van der Waals surface area contributed by atoms with Crippen molar-refractivity contribution in [2.75, 3.05) is 5.88 Å². The number of rotatable bonds is 5. The highest BCUT2D eigenvalue weighted by molar-refractivity contribution is 6.17. The Morgan fingerprint density at radius 2 is 2.20 bits per heavy atom. The fraction of sp³-hybridized carbons (Fsp3) is 0.385. The van der Waals surface area contributed by atoms with E-state index in [0.29, 0.717) is 5.88 Å². The molecule has 20 heavy (non-hydrogen) atoms. The van der Waals surface area contributed by atoms with E-state index in [-0.39, 0.29) is 0 Å². The molecule has 6 nitrogen and oxygen atoms in total. The Kier molecular flexibility index (Phi) is 3.64. The number of imidazole rings is 1. The van der Waals surface area contributed by atoms with Gasteiger partial charge in [-0.2, -0.15) is 0 Å². The lowest BCUT2D eigenvalue weighted by Crippen LogP contribution is -2.11. The van der Waals surface area contributed by atoms with Gasteiger partial charge in [0.1, 0.15) is 11.3 Å². The number of hydrogen-bond donors (Lipinski definition) is 0. The molecule has 3 aromatic rings. The molecule has 0 aliphatic rings. The van der Waals surface area contributed by atoms with Crippen LogP contribution in [-0.4, -0.2) is 35.4 Å². The first kappa shape index (κ1) is 13.1. The fourth-order valence-electron chi connectivity index (χ4n) is 2.22. The first-order chi connectivity index (χ1) is 9.78. The van der Waals surface area contributed by atoms with Crippen LogP contribution in [0.3, 0.4) is 0 Å². The molecule has 0 saturated carbocycles. The van der Waals surface area contributed by atoms with Gasteiger partial charge in [0, 0.05) is 31.2 Å². The molecule has 0 bridgehead atoms. The first-order valence-electron chi connectivity index (χ1n) is 6.50. The summed E-state index contributed by atoms with van der Waals surface area (Å²) in [7, 11) is 0. The zero-order valence-electron chi connectivity index (χ0n) is 11.2. The molecule has 0 saturated heterocycles. The Morgan fingerprint density at radius 1 is 1.30 bits per heavy atom. The van der Waals surface area contributed by atoms with Gasteiger partial charge < -0.3 is 4.57 Å². The highest BCUT2D eigenvalue weighted by Gasteiger charge is 2.11. The van der Waals surface area contributed by atoms with Crippen molar-refractivity contribution in [3.63, 3.8) is 0 Å². The minimum absolute atomic E-state index is 0.547. The van der Waals surface area contributed by atoms with Gasteiger partial charge in [0.15, 0.2) is 5.65 Å². The lowest BCUT2D eigenvalue weighted by atomic mass is 10.3. The number of aryl methyl sites for hydroxylation is 4. The van der Waals surface area contributed by atoms with Crippen LogP contribution in [0.15, 0.2) is 24.7 Å². The summed E-state index contributed by atoms with van der Waals surface area (Å²) in [4.78, 5) is 9.13. The Balaban J connectivity index is 1.95. The van der Waals surface area contributed by atoms with Gasteiger partial charge in [0.2, 0.25) is 0 Å². The molecule has 0 atom stereocenters. The molecule has 0 aliphatic carbocycles. The number of nitrogens with zero attached hydrogens (tertiary/aromatic N) is 6. The largest absolute Gasteiger partial charge is 0.311 e. The Hall–Kier alpha value is -1.95. The summed E-state index contributed by atoms with van der Waals surface area (Å²) in [5, 5.41) is 7.78. The van der Waals surface area contributed by atoms with Crippen LogP contribution < -0.4 is 0 Å². The van der Waals surface area contributed by atoms with Crippen LogP contribution in [0, 0.1) is 6.92 Å². The molecule has 0 unspecified atom stereocenters. The van der Waals surface area contributed by atoms with E-state index < -0.39 is 0 Å². The summed E-state index contributed by atoms with van der Waals surface area (Å²) in [5.41, 5.74) is 2.93. The number of aromatic nitrogens is 6. The van der Waals surface area contributed by atoms with Crippen molar-refractivity contribution in [2.45, 2.75) is 26.4 Å². The molecule has 0 spiro atoms. The van der Waals surface area contributed by atoms with Gasteiger partial charge in [-0.25, -0.2) is 9.97 Å². The topological polar surface area (TPSA) is 61.4 Å². The van der Waals surface area contributed by atoms with Crippen molar-refractivity contribution >= 4 is 22.8 Å². The molecule has 3 aromatic heterocycles. The van der Waals surface area contributed by atoms with Crippen LogP contribution >= 0.6 is 11.6 Å². The van der Waals surface area contributed by atoms with E-state index in [9.17, 15) is 0 Å². The lowest BCUT2D eigenvalue weighted by Gasteiger charge is -2.07. The van der Waals surface area contributed by atoms with Crippen LogP contribution in [0.4, 0.5) is 0 Å². The SMILES string of the molecule is Cc1cnc2c(c1)nc(CCCl)n2CCn1ccnn1. The van der Waals surface area contributed by atoms with Crippen molar-refractivity contribution in [1.29, 1.82) is 0 Å². The Morgan fingerprint density at radius 3 is 2.95 bits per heavy atom. The number of hydrogen-bond acceptors (Lipinski definition) is 4.